The van der Waals surface area contributed by atoms with Crippen LogP contribution in [-0.4, -0.2) is 11.1 Å². The molecule has 2 aromatic carbocycles. The first-order valence-corrected chi connectivity index (χ1v) is 5.42. The van der Waals surface area contributed by atoms with Crippen molar-refractivity contribution in [3.8, 4) is 0 Å². The first kappa shape index (κ1) is 12.1. The molecule has 1 atom stereocenters. The van der Waals surface area contributed by atoms with E-state index in [-0.39, 0.29) is 0 Å². The van der Waals surface area contributed by atoms with E-state index in [1.165, 1.54) is 18.2 Å². The molecule has 0 aliphatic heterocycles. The summed E-state index contributed by atoms with van der Waals surface area (Å²) in [5.74, 6) is -2.48. The van der Waals surface area contributed by atoms with Gasteiger partial charge in [0.25, 0.3) is 0 Å². The zero-order chi connectivity index (χ0) is 13.1. The molecule has 0 aliphatic carbocycles. The van der Waals surface area contributed by atoms with Crippen molar-refractivity contribution in [2.45, 2.75) is 5.92 Å². The summed E-state index contributed by atoms with van der Waals surface area (Å²) in [6.07, 6.45) is 0. The summed E-state index contributed by atoms with van der Waals surface area (Å²) in [5.41, 5.74) is 7.00. The van der Waals surface area contributed by atoms with Crippen molar-refractivity contribution in [3.63, 3.8) is 0 Å². The van der Waals surface area contributed by atoms with Gasteiger partial charge in [0.1, 0.15) is 11.7 Å². The highest BCUT2D eigenvalue weighted by molar-refractivity contribution is 5.82. The lowest BCUT2D eigenvalue weighted by atomic mass is 9.90. The van der Waals surface area contributed by atoms with E-state index in [2.05, 4.69) is 0 Å². The Kier molecular flexibility index (Phi) is 3.28. The molecular weight excluding hydrogens is 233 g/mol. The Balaban J connectivity index is 2.54. The molecule has 1 unspecified atom stereocenters. The van der Waals surface area contributed by atoms with Gasteiger partial charge in [-0.25, -0.2) is 4.39 Å². The molecular formula is C14H12FNO2. The summed E-state index contributed by atoms with van der Waals surface area (Å²) in [6, 6.07) is 12.3. The van der Waals surface area contributed by atoms with E-state index in [9.17, 15) is 14.3 Å². The van der Waals surface area contributed by atoms with Gasteiger partial charge in [-0.3, -0.25) is 4.79 Å². The van der Waals surface area contributed by atoms with Crippen LogP contribution >= 0.6 is 0 Å². The maximum atomic E-state index is 13.2. The fourth-order valence-corrected chi connectivity index (χ4v) is 1.92. The van der Waals surface area contributed by atoms with Crippen molar-refractivity contribution in [3.05, 3.63) is 65.5 Å². The number of hydrogen-bond acceptors (Lipinski definition) is 2. The molecule has 0 saturated heterocycles. The van der Waals surface area contributed by atoms with Gasteiger partial charge in [-0.05, 0) is 29.3 Å². The Morgan fingerprint density at radius 1 is 1.17 bits per heavy atom. The van der Waals surface area contributed by atoms with Crippen molar-refractivity contribution < 1.29 is 14.3 Å². The van der Waals surface area contributed by atoms with Crippen LogP contribution in [0.5, 0.6) is 0 Å². The standard InChI is InChI=1S/C14H12FNO2/c15-10-5-3-4-9(8-10)13(14(17)18)11-6-1-2-7-12(11)16/h1-8,13H,16H2,(H,17,18). The minimum absolute atomic E-state index is 0.375. The van der Waals surface area contributed by atoms with Crippen LogP contribution in [0, 0.1) is 5.82 Å². The predicted octanol–water partition coefficient (Wildman–Crippen LogP) is 2.62. The number of aliphatic carboxylic acids is 1. The van der Waals surface area contributed by atoms with Gasteiger partial charge in [0.15, 0.2) is 0 Å². The molecule has 0 aromatic heterocycles. The van der Waals surface area contributed by atoms with Gasteiger partial charge >= 0.3 is 5.97 Å². The molecule has 0 spiro atoms. The highest BCUT2D eigenvalue weighted by Crippen LogP contribution is 2.29. The number of nitrogen functional groups attached to an aromatic ring is 1. The topological polar surface area (TPSA) is 63.3 Å². The van der Waals surface area contributed by atoms with Crippen LogP contribution < -0.4 is 5.73 Å². The molecule has 0 radical (unpaired) electrons. The number of para-hydroxylation sites is 1. The second kappa shape index (κ2) is 4.87. The van der Waals surface area contributed by atoms with E-state index < -0.39 is 17.7 Å². The zero-order valence-corrected chi connectivity index (χ0v) is 9.51. The normalized spacial score (nSPS) is 12.1. The summed E-state index contributed by atoms with van der Waals surface area (Å²) in [7, 11) is 0. The van der Waals surface area contributed by atoms with Crippen LogP contribution in [0.1, 0.15) is 17.0 Å². The number of rotatable bonds is 3. The van der Waals surface area contributed by atoms with Gasteiger partial charge in [-0.15, -0.1) is 0 Å². The van der Waals surface area contributed by atoms with Crippen LogP contribution in [0.4, 0.5) is 10.1 Å². The van der Waals surface area contributed by atoms with Crippen molar-refractivity contribution in [2.24, 2.45) is 0 Å². The molecule has 0 bridgehead atoms. The SMILES string of the molecule is Nc1ccccc1C(C(=O)O)c1cccc(F)c1. The molecule has 2 rings (SSSR count). The number of anilines is 1. The maximum Gasteiger partial charge on any atom is 0.315 e. The van der Waals surface area contributed by atoms with E-state index in [0.29, 0.717) is 16.8 Å². The minimum atomic E-state index is -1.06. The molecule has 3 nitrogen and oxygen atoms in total. The van der Waals surface area contributed by atoms with Gasteiger partial charge in [0, 0.05) is 5.69 Å². The number of benzene rings is 2. The summed E-state index contributed by atoms with van der Waals surface area (Å²) in [6.45, 7) is 0. The van der Waals surface area contributed by atoms with Crippen molar-refractivity contribution in [1.82, 2.24) is 0 Å². The number of carbonyl (C=O) groups is 1. The molecule has 18 heavy (non-hydrogen) atoms. The molecule has 0 saturated carbocycles. The molecule has 0 fully saturated rings. The first-order valence-electron chi connectivity index (χ1n) is 5.42. The molecule has 92 valence electrons. The molecule has 4 heteroatoms. The van der Waals surface area contributed by atoms with Crippen LogP contribution in [-0.2, 0) is 4.79 Å². The molecule has 3 N–H and O–H groups in total. The van der Waals surface area contributed by atoms with Crippen molar-refractivity contribution in [1.29, 1.82) is 0 Å². The third kappa shape index (κ3) is 2.32. The second-order valence-corrected chi connectivity index (χ2v) is 3.96. The number of carboxylic acid groups (broad SMARTS) is 1. The lowest BCUT2D eigenvalue weighted by Crippen LogP contribution is -2.15. The largest absolute Gasteiger partial charge is 0.481 e. The van der Waals surface area contributed by atoms with Gasteiger partial charge in [0.2, 0.25) is 0 Å². The average molecular weight is 245 g/mol. The van der Waals surface area contributed by atoms with Crippen LogP contribution in [0.25, 0.3) is 0 Å². The quantitative estimate of drug-likeness (QED) is 0.817. The van der Waals surface area contributed by atoms with E-state index in [1.54, 1.807) is 30.3 Å². The minimum Gasteiger partial charge on any atom is -0.481 e. The summed E-state index contributed by atoms with van der Waals surface area (Å²) in [5, 5.41) is 9.32. The summed E-state index contributed by atoms with van der Waals surface area (Å²) in [4.78, 5) is 11.4. The number of nitrogens with two attached hydrogens (primary N) is 1. The second-order valence-electron chi connectivity index (χ2n) is 3.96. The Hall–Kier alpha value is -2.36. The smallest absolute Gasteiger partial charge is 0.315 e. The van der Waals surface area contributed by atoms with Crippen LogP contribution in [0.2, 0.25) is 0 Å². The number of carboxylic acids is 1. The third-order valence-corrected chi connectivity index (χ3v) is 2.74. The molecule has 0 aliphatic rings. The fraction of sp³-hybridized carbons (Fsp3) is 0.0714. The van der Waals surface area contributed by atoms with Crippen molar-refractivity contribution in [2.75, 3.05) is 5.73 Å². The van der Waals surface area contributed by atoms with Gasteiger partial charge < -0.3 is 10.8 Å². The van der Waals surface area contributed by atoms with Gasteiger partial charge in [0.05, 0.1) is 0 Å². The lowest BCUT2D eigenvalue weighted by Gasteiger charge is -2.15. The monoisotopic (exact) mass is 245 g/mol. The first-order chi connectivity index (χ1) is 8.59. The predicted molar refractivity (Wildman–Crippen MR) is 66.7 cm³/mol. The van der Waals surface area contributed by atoms with Crippen molar-refractivity contribution >= 4 is 11.7 Å². The Morgan fingerprint density at radius 3 is 2.50 bits per heavy atom. The van der Waals surface area contributed by atoms with E-state index >= 15 is 0 Å². The third-order valence-electron chi connectivity index (χ3n) is 2.74. The Labute approximate surface area is 104 Å². The zero-order valence-electron chi connectivity index (χ0n) is 9.51. The van der Waals surface area contributed by atoms with Gasteiger partial charge in [-0.1, -0.05) is 30.3 Å². The highest BCUT2D eigenvalue weighted by atomic mass is 19.1. The van der Waals surface area contributed by atoms with Crippen LogP contribution in [0.15, 0.2) is 48.5 Å². The van der Waals surface area contributed by atoms with Crippen LogP contribution in [0.3, 0.4) is 0 Å². The van der Waals surface area contributed by atoms with E-state index in [4.69, 9.17) is 5.73 Å². The fourth-order valence-electron chi connectivity index (χ4n) is 1.92. The average Bonchev–Trinajstić information content (AvgIpc) is 2.32. The maximum absolute atomic E-state index is 13.2. The van der Waals surface area contributed by atoms with E-state index in [1.807, 2.05) is 0 Å². The van der Waals surface area contributed by atoms with E-state index in [0.717, 1.165) is 0 Å². The summed E-state index contributed by atoms with van der Waals surface area (Å²) >= 11 is 0. The number of halogens is 1. The summed E-state index contributed by atoms with van der Waals surface area (Å²) < 4.78 is 13.2. The molecule has 2 aromatic rings. The number of hydrogen-bond donors (Lipinski definition) is 2. The molecule has 0 amide bonds. The Morgan fingerprint density at radius 2 is 1.89 bits per heavy atom. The van der Waals surface area contributed by atoms with Gasteiger partial charge in [-0.2, -0.15) is 0 Å². The highest BCUT2D eigenvalue weighted by Gasteiger charge is 2.24. The Bertz CT molecular complexity index is 584. The lowest BCUT2D eigenvalue weighted by molar-refractivity contribution is -0.137. The molecule has 0 heterocycles.